The summed E-state index contributed by atoms with van der Waals surface area (Å²) in [6.45, 7) is 0.0328. The number of aromatic nitrogens is 3. The summed E-state index contributed by atoms with van der Waals surface area (Å²) in [5.74, 6) is 0.407. The van der Waals surface area contributed by atoms with Crippen molar-refractivity contribution in [2.24, 2.45) is 5.73 Å². The lowest BCUT2D eigenvalue weighted by Gasteiger charge is -1.98. The number of rotatable bonds is 3. The Morgan fingerprint density at radius 3 is 3.06 bits per heavy atom. The van der Waals surface area contributed by atoms with Gasteiger partial charge in [0.15, 0.2) is 0 Å². The minimum absolute atomic E-state index is 0.0328. The van der Waals surface area contributed by atoms with E-state index in [1.54, 1.807) is 12.3 Å². The number of aliphatic hydroxyl groups is 1. The summed E-state index contributed by atoms with van der Waals surface area (Å²) < 4.78 is 5.63. The fraction of sp³-hybridized carbons (Fsp3) is 0.222. The second-order valence-electron chi connectivity index (χ2n) is 3.04. The van der Waals surface area contributed by atoms with Crippen LogP contribution in [0.15, 0.2) is 27.3 Å². The molecule has 2 rings (SSSR count). The molecule has 16 heavy (non-hydrogen) atoms. The van der Waals surface area contributed by atoms with Crippen molar-refractivity contribution in [2.75, 3.05) is 6.54 Å². The third kappa shape index (κ3) is 2.11. The van der Waals surface area contributed by atoms with Gasteiger partial charge >= 0.3 is 0 Å². The molecule has 2 aromatic rings. The number of aliphatic hydroxyl groups excluding tert-OH is 1. The van der Waals surface area contributed by atoms with Crippen LogP contribution in [0, 0.1) is 0 Å². The molecule has 0 fully saturated rings. The number of hydrogen-bond acceptors (Lipinski definition) is 6. The maximum atomic E-state index is 9.41. The highest BCUT2D eigenvalue weighted by Gasteiger charge is 2.17. The molecule has 0 aliphatic heterocycles. The summed E-state index contributed by atoms with van der Waals surface area (Å²) in [7, 11) is 0. The van der Waals surface area contributed by atoms with Crippen LogP contribution >= 0.6 is 15.9 Å². The molecule has 2 heterocycles. The van der Waals surface area contributed by atoms with Crippen molar-refractivity contribution in [1.29, 1.82) is 0 Å². The van der Waals surface area contributed by atoms with Gasteiger partial charge in [-0.25, -0.2) is 0 Å². The molecular formula is C9H9BrN4O2. The predicted molar refractivity (Wildman–Crippen MR) is 59.2 cm³/mol. The van der Waals surface area contributed by atoms with Gasteiger partial charge in [0.25, 0.3) is 5.89 Å². The number of nitrogens with zero attached hydrogens (tertiary/aromatic N) is 3. The van der Waals surface area contributed by atoms with Gasteiger partial charge in [-0.2, -0.15) is 4.98 Å². The SMILES string of the molecule is NC[C@H](O)c1nc(-c2ncccc2Br)no1. The van der Waals surface area contributed by atoms with Crippen LogP contribution < -0.4 is 5.73 Å². The van der Waals surface area contributed by atoms with E-state index in [0.717, 1.165) is 4.47 Å². The molecule has 2 aromatic heterocycles. The number of pyridine rings is 1. The summed E-state index contributed by atoms with van der Waals surface area (Å²) in [5, 5.41) is 13.1. The Morgan fingerprint density at radius 1 is 1.56 bits per heavy atom. The van der Waals surface area contributed by atoms with Crippen LogP contribution in [0.3, 0.4) is 0 Å². The Balaban J connectivity index is 2.35. The first-order valence-electron chi connectivity index (χ1n) is 4.55. The lowest BCUT2D eigenvalue weighted by Crippen LogP contribution is -2.11. The molecule has 7 heteroatoms. The van der Waals surface area contributed by atoms with Gasteiger partial charge in [0.2, 0.25) is 5.82 Å². The number of nitrogens with two attached hydrogens (primary N) is 1. The Bertz CT molecular complexity index is 488. The van der Waals surface area contributed by atoms with Gasteiger partial charge < -0.3 is 15.4 Å². The molecule has 1 atom stereocenters. The van der Waals surface area contributed by atoms with E-state index in [2.05, 4.69) is 31.1 Å². The molecule has 0 saturated heterocycles. The smallest absolute Gasteiger partial charge is 0.257 e. The van der Waals surface area contributed by atoms with E-state index >= 15 is 0 Å². The van der Waals surface area contributed by atoms with Crippen LogP contribution in [0.5, 0.6) is 0 Å². The maximum absolute atomic E-state index is 9.41. The third-order valence-corrected chi connectivity index (χ3v) is 2.56. The molecule has 0 unspecified atom stereocenters. The molecule has 0 spiro atoms. The van der Waals surface area contributed by atoms with E-state index in [-0.39, 0.29) is 12.4 Å². The van der Waals surface area contributed by atoms with Gasteiger partial charge in [-0.3, -0.25) is 4.98 Å². The Kier molecular flexibility index (Phi) is 3.28. The second kappa shape index (κ2) is 4.69. The Labute approximate surface area is 99.6 Å². The van der Waals surface area contributed by atoms with Crippen LogP contribution in [-0.4, -0.2) is 26.8 Å². The van der Waals surface area contributed by atoms with E-state index in [0.29, 0.717) is 11.5 Å². The highest BCUT2D eigenvalue weighted by atomic mass is 79.9. The second-order valence-corrected chi connectivity index (χ2v) is 3.90. The highest BCUT2D eigenvalue weighted by Crippen LogP contribution is 2.23. The zero-order valence-electron chi connectivity index (χ0n) is 8.17. The van der Waals surface area contributed by atoms with Crippen molar-refractivity contribution in [1.82, 2.24) is 15.1 Å². The van der Waals surface area contributed by atoms with E-state index in [4.69, 9.17) is 10.3 Å². The van der Waals surface area contributed by atoms with Crippen molar-refractivity contribution >= 4 is 15.9 Å². The first-order chi connectivity index (χ1) is 7.72. The molecule has 0 aliphatic carbocycles. The van der Waals surface area contributed by atoms with Crippen molar-refractivity contribution in [3.63, 3.8) is 0 Å². The Morgan fingerprint density at radius 2 is 2.38 bits per heavy atom. The molecule has 0 amide bonds. The van der Waals surface area contributed by atoms with Crippen LogP contribution in [0.2, 0.25) is 0 Å². The van der Waals surface area contributed by atoms with E-state index in [9.17, 15) is 5.11 Å². The number of halogens is 1. The quantitative estimate of drug-likeness (QED) is 0.869. The zero-order chi connectivity index (χ0) is 11.5. The molecule has 0 bridgehead atoms. The van der Waals surface area contributed by atoms with Gasteiger partial charge in [-0.1, -0.05) is 5.16 Å². The maximum Gasteiger partial charge on any atom is 0.257 e. The zero-order valence-corrected chi connectivity index (χ0v) is 9.75. The van der Waals surface area contributed by atoms with Crippen molar-refractivity contribution in [2.45, 2.75) is 6.10 Å². The van der Waals surface area contributed by atoms with Crippen LogP contribution in [0.4, 0.5) is 0 Å². The van der Waals surface area contributed by atoms with Crippen LogP contribution in [0.1, 0.15) is 12.0 Å². The average molecular weight is 285 g/mol. The predicted octanol–water partition coefficient (Wildman–Crippen LogP) is 0.886. The Hall–Kier alpha value is -1.31. The minimum atomic E-state index is -0.941. The summed E-state index contributed by atoms with van der Waals surface area (Å²) in [4.78, 5) is 8.11. The first kappa shape index (κ1) is 11.2. The molecule has 6 nitrogen and oxygen atoms in total. The van der Waals surface area contributed by atoms with Gasteiger partial charge in [0, 0.05) is 17.2 Å². The summed E-state index contributed by atoms with van der Waals surface area (Å²) in [6, 6.07) is 3.60. The lowest BCUT2D eigenvalue weighted by molar-refractivity contribution is 0.141. The molecule has 0 radical (unpaired) electrons. The first-order valence-corrected chi connectivity index (χ1v) is 5.34. The average Bonchev–Trinajstić information content (AvgIpc) is 2.78. The molecule has 3 N–H and O–H groups in total. The van der Waals surface area contributed by atoms with Gasteiger partial charge in [-0.15, -0.1) is 0 Å². The van der Waals surface area contributed by atoms with Crippen LogP contribution in [-0.2, 0) is 0 Å². The van der Waals surface area contributed by atoms with Crippen molar-refractivity contribution < 1.29 is 9.63 Å². The monoisotopic (exact) mass is 284 g/mol. The molecule has 84 valence electrons. The normalized spacial score (nSPS) is 12.7. The molecule has 0 saturated carbocycles. The van der Waals surface area contributed by atoms with Crippen molar-refractivity contribution in [3.8, 4) is 11.5 Å². The fourth-order valence-corrected chi connectivity index (χ4v) is 1.55. The minimum Gasteiger partial charge on any atom is -0.382 e. The third-order valence-electron chi connectivity index (χ3n) is 1.92. The summed E-state index contributed by atoms with van der Waals surface area (Å²) >= 11 is 3.32. The van der Waals surface area contributed by atoms with E-state index < -0.39 is 6.10 Å². The molecular weight excluding hydrogens is 276 g/mol. The summed E-state index contributed by atoms with van der Waals surface area (Å²) in [5.41, 5.74) is 5.84. The van der Waals surface area contributed by atoms with Gasteiger partial charge in [0.05, 0.1) is 0 Å². The summed E-state index contributed by atoms with van der Waals surface area (Å²) in [6.07, 6.45) is 0.680. The number of hydrogen-bond donors (Lipinski definition) is 2. The van der Waals surface area contributed by atoms with E-state index in [1.807, 2.05) is 6.07 Å². The largest absolute Gasteiger partial charge is 0.382 e. The lowest BCUT2D eigenvalue weighted by atomic mass is 10.3. The molecule has 0 aliphatic rings. The van der Waals surface area contributed by atoms with Gasteiger partial charge in [0.1, 0.15) is 11.8 Å². The molecule has 0 aromatic carbocycles. The topological polar surface area (TPSA) is 98.1 Å². The standard InChI is InChI=1S/C9H9BrN4O2/c10-5-2-1-3-12-7(5)8-13-9(16-14-8)6(15)4-11/h1-3,6,15H,4,11H2/t6-/m0/s1. The highest BCUT2D eigenvalue weighted by molar-refractivity contribution is 9.10. The van der Waals surface area contributed by atoms with Crippen molar-refractivity contribution in [3.05, 3.63) is 28.7 Å². The fourth-order valence-electron chi connectivity index (χ4n) is 1.12. The van der Waals surface area contributed by atoms with E-state index in [1.165, 1.54) is 0 Å². The van der Waals surface area contributed by atoms with Gasteiger partial charge in [-0.05, 0) is 28.1 Å². The van der Waals surface area contributed by atoms with Crippen LogP contribution in [0.25, 0.3) is 11.5 Å².